The molecule has 650 valence electrons. The lowest BCUT2D eigenvalue weighted by Gasteiger charge is -2.14. The molecule has 0 aliphatic heterocycles. The van der Waals surface area contributed by atoms with E-state index < -0.39 is 0 Å². The van der Waals surface area contributed by atoms with Crippen LogP contribution in [0.3, 0.4) is 0 Å². The van der Waals surface area contributed by atoms with E-state index in [1.807, 2.05) is 121 Å². The van der Waals surface area contributed by atoms with Gasteiger partial charge in [-0.05, 0) is 219 Å². The summed E-state index contributed by atoms with van der Waals surface area (Å²) >= 11 is 0. The maximum Gasteiger partial charge on any atom is 0.164 e. The first-order valence-corrected chi connectivity index (χ1v) is 47.1. The molecule has 0 spiro atoms. The largest absolute Gasteiger partial charge is 0.456 e. The Morgan fingerprint density at radius 1 is 0.114 bits per heavy atom. The highest BCUT2D eigenvalue weighted by atomic mass is 16.3. The molecule has 29 rings (SSSR count). The van der Waals surface area contributed by atoms with Gasteiger partial charge in [-0.3, -0.25) is 0 Å². The van der Waals surface area contributed by atoms with Crippen LogP contribution in [0.4, 0.5) is 0 Å². The van der Waals surface area contributed by atoms with Crippen molar-refractivity contribution in [1.82, 2.24) is 44.9 Å². The second-order valence-electron chi connectivity index (χ2n) is 35.8. The van der Waals surface area contributed by atoms with Crippen LogP contribution in [0.5, 0.6) is 0 Å². The number of furan rings is 2. The van der Waals surface area contributed by atoms with Crippen molar-refractivity contribution in [3.63, 3.8) is 0 Å². The van der Waals surface area contributed by atoms with E-state index in [0.717, 1.165) is 132 Å². The molecule has 11 nitrogen and oxygen atoms in total. The minimum absolute atomic E-state index is 0.611. The van der Waals surface area contributed by atoms with Gasteiger partial charge in [0.15, 0.2) is 52.4 Å². The molecule has 0 amide bonds. The van der Waals surface area contributed by atoms with Crippen molar-refractivity contribution in [2.45, 2.75) is 0 Å². The van der Waals surface area contributed by atoms with Crippen molar-refractivity contribution in [3.05, 3.63) is 467 Å². The van der Waals surface area contributed by atoms with Crippen LogP contribution in [0.2, 0.25) is 0 Å². The molecule has 5 aromatic heterocycles. The molecule has 0 aliphatic rings. The fourth-order valence-corrected chi connectivity index (χ4v) is 20.5. The van der Waals surface area contributed by atoms with Gasteiger partial charge < -0.3 is 8.83 Å². The molecular formula is C129H77N9O2. The fourth-order valence-electron chi connectivity index (χ4n) is 20.5. The SMILES string of the molecule is c1ccc(-c2nc(-c3ccccc3)nc(-c3cc(-c4ccc5c(ccc6c7ccccc7ccc56)c4)c4ccccc4c3)n2)cc1.c1ccc2cc(-c3nc(-c4ccc5c(ccc6c7ccccc7ccc56)c4)nc(-c4ccc5oc6ccccc6c5c4)n3)ccc2c1.c1ccc2cc(-c3nc(-c4ccc5c(ccc6c7ccccc7ccc56)c4)nc(-c4cccc5oc6ccccc6c45)n3)ccc2c1. The first-order chi connectivity index (χ1) is 69.3. The van der Waals surface area contributed by atoms with Gasteiger partial charge >= 0.3 is 0 Å². The Balaban J connectivity index is 0.000000105. The van der Waals surface area contributed by atoms with Crippen molar-refractivity contribution in [2.24, 2.45) is 0 Å². The Hall–Kier alpha value is -19.0. The molecule has 11 heteroatoms. The molecule has 0 atom stereocenters. The topological polar surface area (TPSA) is 142 Å². The van der Waals surface area contributed by atoms with Gasteiger partial charge in [-0.2, -0.15) is 0 Å². The standard InChI is InChI=1S/2C43H25N3O.C43H27N3/c1-2-10-28-24-30(17-16-26(28)8-1)41-44-42(46-43(45-41)37-13-7-15-39-40(37)36-12-5-6-14-38(36)47-39)31-20-21-33-29(25-31)19-23-34-32-11-4-3-9-27(32)18-22-35(33)34;1-2-9-28-23-30(14-13-26(28)7-1)41-44-42(46-43(45-41)32-18-22-40-38(25-32)37-11-5-6-12-39(37)47-40)31-17-19-34-29(24-31)16-21-35-33-10-4-3-8-27(33)15-20-36(34)35;1-3-12-29(13-4-1)41-44-42(30-14-5-2-6-15-30)46-43(45-41)34-26-31-16-8-10-18-36(31)40(27-34)33-20-22-37-32(25-33)21-24-38-35-17-9-7-11-28(35)19-23-39(37)38/h2*1-25H;1-27H. The second kappa shape index (κ2) is 33.6. The number of para-hydroxylation sites is 2. The second-order valence-corrected chi connectivity index (χ2v) is 35.8. The van der Waals surface area contributed by atoms with E-state index in [-0.39, 0.29) is 0 Å². The van der Waals surface area contributed by atoms with Gasteiger partial charge in [0, 0.05) is 71.6 Å². The summed E-state index contributed by atoms with van der Waals surface area (Å²) in [6, 6.07) is 164. The van der Waals surface area contributed by atoms with Gasteiger partial charge in [-0.15, -0.1) is 0 Å². The lowest BCUT2D eigenvalue weighted by Crippen LogP contribution is -2.00. The number of hydrogen-bond acceptors (Lipinski definition) is 11. The summed E-state index contributed by atoms with van der Waals surface area (Å²) in [6.45, 7) is 0. The molecule has 0 unspecified atom stereocenters. The summed E-state index contributed by atoms with van der Waals surface area (Å²) in [4.78, 5) is 45.5. The maximum absolute atomic E-state index is 6.23. The van der Waals surface area contributed by atoms with Crippen LogP contribution in [-0.4, -0.2) is 44.9 Å². The summed E-state index contributed by atoms with van der Waals surface area (Å²) in [5.74, 6) is 5.73. The number of aromatic nitrogens is 9. The van der Waals surface area contributed by atoms with Crippen LogP contribution in [0.25, 0.3) is 287 Å². The molecule has 24 aromatic carbocycles. The molecule has 0 aliphatic carbocycles. The lowest BCUT2D eigenvalue weighted by molar-refractivity contribution is 0.668. The average Bonchev–Trinajstić information content (AvgIpc) is 1.29. The monoisotopic (exact) mass is 1780 g/mol. The molecule has 0 saturated carbocycles. The summed E-state index contributed by atoms with van der Waals surface area (Å²) in [6.07, 6.45) is 0. The van der Waals surface area contributed by atoms with E-state index >= 15 is 0 Å². The predicted octanol–water partition coefficient (Wildman–Crippen LogP) is 33.9. The average molecular weight is 1790 g/mol. The van der Waals surface area contributed by atoms with E-state index in [2.05, 4.69) is 346 Å². The number of fused-ring (bicyclic) bond motifs is 24. The molecule has 29 aromatic rings. The normalized spacial score (nSPS) is 11.7. The zero-order chi connectivity index (χ0) is 92.2. The van der Waals surface area contributed by atoms with Crippen molar-refractivity contribution in [2.75, 3.05) is 0 Å². The van der Waals surface area contributed by atoms with Crippen LogP contribution < -0.4 is 0 Å². The van der Waals surface area contributed by atoms with Crippen molar-refractivity contribution in [1.29, 1.82) is 0 Å². The highest BCUT2D eigenvalue weighted by Crippen LogP contribution is 2.44. The Bertz CT molecular complexity index is 10100. The third-order valence-corrected chi connectivity index (χ3v) is 27.4. The van der Waals surface area contributed by atoms with Crippen LogP contribution >= 0.6 is 0 Å². The summed E-state index contributed by atoms with van der Waals surface area (Å²) in [5.41, 5.74) is 14.1. The minimum atomic E-state index is 0.611. The molecule has 5 heterocycles. The molecule has 0 fully saturated rings. The Morgan fingerprint density at radius 3 is 0.857 bits per heavy atom. The van der Waals surface area contributed by atoms with E-state index in [9.17, 15) is 0 Å². The number of nitrogens with zero attached hydrogens (tertiary/aromatic N) is 9. The summed E-state index contributed by atoms with van der Waals surface area (Å²) < 4.78 is 12.3. The summed E-state index contributed by atoms with van der Waals surface area (Å²) in [5, 5.41) is 33.4. The first kappa shape index (κ1) is 80.7. The number of benzene rings is 24. The Labute approximate surface area is 802 Å². The van der Waals surface area contributed by atoms with Gasteiger partial charge in [0.2, 0.25) is 0 Å². The number of rotatable bonds is 10. The maximum atomic E-state index is 6.23. The third kappa shape index (κ3) is 14.4. The minimum Gasteiger partial charge on any atom is -0.456 e. The number of hydrogen-bond donors (Lipinski definition) is 0. The first-order valence-electron chi connectivity index (χ1n) is 47.1. The zero-order valence-electron chi connectivity index (χ0n) is 75.3. The highest BCUT2D eigenvalue weighted by Gasteiger charge is 2.24. The van der Waals surface area contributed by atoms with Crippen LogP contribution in [-0.2, 0) is 0 Å². The van der Waals surface area contributed by atoms with Gasteiger partial charge in [-0.1, -0.05) is 388 Å². The molecule has 140 heavy (non-hydrogen) atoms. The molecule has 0 bridgehead atoms. The van der Waals surface area contributed by atoms with Gasteiger partial charge in [0.25, 0.3) is 0 Å². The molecule has 0 N–H and O–H groups in total. The molecule has 0 radical (unpaired) electrons. The van der Waals surface area contributed by atoms with Crippen molar-refractivity contribution < 1.29 is 8.83 Å². The van der Waals surface area contributed by atoms with Gasteiger partial charge in [-0.25, -0.2) is 44.9 Å². The van der Waals surface area contributed by atoms with Crippen molar-refractivity contribution >= 4 is 173 Å². The van der Waals surface area contributed by atoms with Crippen LogP contribution in [0.15, 0.2) is 476 Å². The van der Waals surface area contributed by atoms with Crippen LogP contribution in [0.1, 0.15) is 0 Å². The van der Waals surface area contributed by atoms with Gasteiger partial charge in [0.05, 0.1) is 0 Å². The smallest absolute Gasteiger partial charge is 0.164 e. The fraction of sp³-hybridized carbons (Fsp3) is 0. The lowest BCUT2D eigenvalue weighted by atomic mass is 9.92. The predicted molar refractivity (Wildman–Crippen MR) is 578 cm³/mol. The van der Waals surface area contributed by atoms with Crippen molar-refractivity contribution in [3.8, 4) is 114 Å². The van der Waals surface area contributed by atoms with E-state index in [0.29, 0.717) is 52.4 Å². The molecular weight excluding hydrogens is 1710 g/mol. The third-order valence-electron chi connectivity index (χ3n) is 27.4. The Kier molecular flexibility index (Phi) is 19.3. The van der Waals surface area contributed by atoms with E-state index in [4.69, 9.17) is 53.7 Å². The van der Waals surface area contributed by atoms with Crippen LogP contribution in [0, 0.1) is 0 Å². The van der Waals surface area contributed by atoms with E-state index in [1.54, 1.807) is 0 Å². The van der Waals surface area contributed by atoms with Gasteiger partial charge in [0.1, 0.15) is 22.3 Å². The zero-order valence-corrected chi connectivity index (χ0v) is 75.3. The summed E-state index contributed by atoms with van der Waals surface area (Å²) in [7, 11) is 0. The quantitative estimate of drug-likeness (QED) is 0.121. The molecule has 0 saturated heterocycles. The Morgan fingerprint density at radius 2 is 0.386 bits per heavy atom. The highest BCUT2D eigenvalue weighted by molar-refractivity contribution is 6.21. The van der Waals surface area contributed by atoms with E-state index in [1.165, 1.54) is 102 Å².